The lowest BCUT2D eigenvalue weighted by atomic mass is 9.91. The van der Waals surface area contributed by atoms with E-state index >= 15 is 0 Å². The Morgan fingerprint density at radius 3 is 2.48 bits per heavy atom. The van der Waals surface area contributed by atoms with Gasteiger partial charge in [0.1, 0.15) is 5.82 Å². The molecule has 0 amide bonds. The summed E-state index contributed by atoms with van der Waals surface area (Å²) in [5, 5.41) is 4.02. The molecule has 1 aliphatic heterocycles. The Bertz CT molecular complexity index is 1030. The van der Waals surface area contributed by atoms with Crippen molar-refractivity contribution < 1.29 is 0 Å². The topological polar surface area (TPSA) is 61.0 Å². The second kappa shape index (κ2) is 8.37. The number of hydrogen-bond donors (Lipinski definition) is 2. The van der Waals surface area contributed by atoms with Crippen LogP contribution in [0.15, 0.2) is 47.3 Å². The van der Waals surface area contributed by atoms with Crippen LogP contribution in [-0.2, 0) is 13.1 Å². The van der Waals surface area contributed by atoms with Gasteiger partial charge in [-0.1, -0.05) is 44.2 Å². The van der Waals surface area contributed by atoms with E-state index in [2.05, 4.69) is 58.3 Å². The third-order valence-electron chi connectivity index (χ3n) is 5.71. The van der Waals surface area contributed by atoms with Crippen LogP contribution < -0.4 is 10.9 Å². The number of aromatic amines is 1. The second-order valence-electron chi connectivity index (χ2n) is 8.66. The Morgan fingerprint density at radius 2 is 1.76 bits per heavy atom. The van der Waals surface area contributed by atoms with Gasteiger partial charge >= 0.3 is 0 Å². The molecule has 5 heteroatoms. The summed E-state index contributed by atoms with van der Waals surface area (Å²) in [7, 11) is 0. The number of H-pyrrole nitrogens is 1. The predicted octanol–water partition coefficient (Wildman–Crippen LogP) is 4.32. The number of anilines is 1. The molecule has 1 aliphatic rings. The summed E-state index contributed by atoms with van der Waals surface area (Å²) in [5.74, 6) is 2.20. The molecule has 0 aliphatic carbocycles. The van der Waals surface area contributed by atoms with Gasteiger partial charge in [-0.25, -0.2) is 4.98 Å². The van der Waals surface area contributed by atoms with Crippen molar-refractivity contribution in [2.75, 3.05) is 18.4 Å². The van der Waals surface area contributed by atoms with E-state index in [1.54, 1.807) is 6.92 Å². The first kappa shape index (κ1) is 19.6. The number of piperidine rings is 1. The molecule has 29 heavy (non-hydrogen) atoms. The van der Waals surface area contributed by atoms with Crippen molar-refractivity contribution in [3.8, 4) is 0 Å². The van der Waals surface area contributed by atoms with E-state index in [1.807, 2.05) is 18.2 Å². The van der Waals surface area contributed by atoms with Crippen LogP contribution in [0.1, 0.15) is 37.2 Å². The zero-order chi connectivity index (χ0) is 20.4. The Labute approximate surface area is 172 Å². The molecule has 2 unspecified atom stereocenters. The highest BCUT2D eigenvalue weighted by Crippen LogP contribution is 2.23. The fourth-order valence-corrected chi connectivity index (χ4v) is 4.59. The Balaban J connectivity index is 1.42. The summed E-state index contributed by atoms with van der Waals surface area (Å²) in [6.45, 7) is 10.6. The molecule has 0 spiro atoms. The third kappa shape index (κ3) is 4.67. The van der Waals surface area contributed by atoms with E-state index in [-0.39, 0.29) is 5.56 Å². The van der Waals surface area contributed by atoms with E-state index in [9.17, 15) is 4.79 Å². The first-order valence-corrected chi connectivity index (χ1v) is 10.5. The first-order chi connectivity index (χ1) is 14.0. The lowest BCUT2D eigenvalue weighted by molar-refractivity contribution is 0.134. The van der Waals surface area contributed by atoms with Gasteiger partial charge in [0.05, 0.1) is 10.9 Å². The number of aromatic nitrogens is 2. The van der Waals surface area contributed by atoms with Crippen molar-refractivity contribution >= 4 is 16.6 Å². The molecule has 2 heterocycles. The zero-order valence-corrected chi connectivity index (χ0v) is 17.5. The van der Waals surface area contributed by atoms with E-state index < -0.39 is 0 Å². The van der Waals surface area contributed by atoms with Gasteiger partial charge in [-0.15, -0.1) is 0 Å². The van der Waals surface area contributed by atoms with Crippen LogP contribution in [-0.4, -0.2) is 28.0 Å². The maximum absolute atomic E-state index is 12.4. The van der Waals surface area contributed by atoms with E-state index in [0.29, 0.717) is 17.8 Å². The van der Waals surface area contributed by atoms with Gasteiger partial charge in [0.2, 0.25) is 0 Å². The SMILES string of the molecule is Cc1nc2cccc(NCc3ccc(CN4CC(C)CC(C)C4)cc3)c2c(=O)[nH]1. The average Bonchev–Trinajstić information content (AvgIpc) is 2.66. The van der Waals surface area contributed by atoms with Crippen LogP contribution in [0.4, 0.5) is 5.69 Å². The Hall–Kier alpha value is -2.66. The van der Waals surface area contributed by atoms with Crippen LogP contribution in [0, 0.1) is 18.8 Å². The molecule has 152 valence electrons. The number of rotatable bonds is 5. The monoisotopic (exact) mass is 390 g/mol. The van der Waals surface area contributed by atoms with Crippen molar-refractivity contribution in [2.24, 2.45) is 11.8 Å². The van der Waals surface area contributed by atoms with E-state index in [1.165, 1.54) is 30.6 Å². The summed E-state index contributed by atoms with van der Waals surface area (Å²) >= 11 is 0. The van der Waals surface area contributed by atoms with E-state index in [4.69, 9.17) is 0 Å². The minimum atomic E-state index is -0.101. The van der Waals surface area contributed by atoms with Crippen LogP contribution >= 0.6 is 0 Å². The number of benzene rings is 2. The van der Waals surface area contributed by atoms with E-state index in [0.717, 1.165) is 29.6 Å². The predicted molar refractivity (Wildman–Crippen MR) is 119 cm³/mol. The summed E-state index contributed by atoms with van der Waals surface area (Å²) in [6, 6.07) is 14.5. The molecule has 0 saturated carbocycles. The lowest BCUT2D eigenvalue weighted by Crippen LogP contribution is -2.38. The number of hydrogen-bond acceptors (Lipinski definition) is 4. The highest BCUT2D eigenvalue weighted by atomic mass is 16.1. The molecule has 1 saturated heterocycles. The maximum Gasteiger partial charge on any atom is 0.260 e. The van der Waals surface area contributed by atoms with Gasteiger partial charge in [-0.3, -0.25) is 9.69 Å². The number of likely N-dealkylation sites (tertiary alicyclic amines) is 1. The fraction of sp³-hybridized carbons (Fsp3) is 0.417. The molecule has 5 nitrogen and oxygen atoms in total. The molecule has 3 aromatic rings. The molecular weight excluding hydrogens is 360 g/mol. The minimum Gasteiger partial charge on any atom is -0.380 e. The molecule has 2 atom stereocenters. The third-order valence-corrected chi connectivity index (χ3v) is 5.71. The molecule has 1 aromatic heterocycles. The standard InChI is InChI=1S/C24H30N4O/c1-16-11-17(2)14-28(13-16)15-20-9-7-19(8-10-20)12-25-21-5-4-6-22-23(21)24(29)27-18(3)26-22/h4-10,16-17,25H,11-15H2,1-3H3,(H,26,27,29). The van der Waals surface area contributed by atoms with Gasteiger partial charge in [-0.05, 0) is 48.4 Å². The lowest BCUT2D eigenvalue weighted by Gasteiger charge is -2.35. The first-order valence-electron chi connectivity index (χ1n) is 10.5. The smallest absolute Gasteiger partial charge is 0.260 e. The maximum atomic E-state index is 12.4. The number of nitrogens with one attached hydrogen (secondary N) is 2. The molecule has 2 N–H and O–H groups in total. The van der Waals surface area contributed by atoms with Crippen LogP contribution in [0.3, 0.4) is 0 Å². The molecule has 0 radical (unpaired) electrons. The molecule has 4 rings (SSSR count). The highest BCUT2D eigenvalue weighted by molar-refractivity contribution is 5.90. The van der Waals surface area contributed by atoms with Gasteiger partial charge in [-0.2, -0.15) is 0 Å². The van der Waals surface area contributed by atoms with Crippen molar-refractivity contribution in [3.63, 3.8) is 0 Å². The average molecular weight is 391 g/mol. The quantitative estimate of drug-likeness (QED) is 0.681. The fourth-order valence-electron chi connectivity index (χ4n) is 4.59. The summed E-state index contributed by atoms with van der Waals surface area (Å²) < 4.78 is 0. The molecule has 2 aromatic carbocycles. The normalized spacial score (nSPS) is 20.1. The second-order valence-corrected chi connectivity index (χ2v) is 8.66. The van der Waals surface area contributed by atoms with Crippen molar-refractivity contribution in [3.05, 3.63) is 69.8 Å². The molecular formula is C24H30N4O. The van der Waals surface area contributed by atoms with Gasteiger partial charge in [0.15, 0.2) is 0 Å². The molecule has 0 bridgehead atoms. The van der Waals surface area contributed by atoms with Gasteiger partial charge in [0.25, 0.3) is 5.56 Å². The number of fused-ring (bicyclic) bond motifs is 1. The van der Waals surface area contributed by atoms with Crippen molar-refractivity contribution in [2.45, 2.75) is 40.3 Å². The van der Waals surface area contributed by atoms with Crippen LogP contribution in [0.5, 0.6) is 0 Å². The number of aryl methyl sites for hydroxylation is 1. The van der Waals surface area contributed by atoms with Crippen LogP contribution in [0.25, 0.3) is 10.9 Å². The largest absolute Gasteiger partial charge is 0.380 e. The number of nitrogens with zero attached hydrogens (tertiary/aromatic N) is 2. The summed E-state index contributed by atoms with van der Waals surface area (Å²) in [5.41, 5.74) is 3.99. The summed E-state index contributed by atoms with van der Waals surface area (Å²) in [6.07, 6.45) is 1.34. The van der Waals surface area contributed by atoms with Crippen LogP contribution in [0.2, 0.25) is 0 Å². The zero-order valence-electron chi connectivity index (χ0n) is 17.5. The Kier molecular flexibility index (Phi) is 5.67. The van der Waals surface area contributed by atoms with Gasteiger partial charge in [0, 0.05) is 31.9 Å². The highest BCUT2D eigenvalue weighted by Gasteiger charge is 2.21. The van der Waals surface area contributed by atoms with Crippen molar-refractivity contribution in [1.29, 1.82) is 0 Å². The summed E-state index contributed by atoms with van der Waals surface area (Å²) in [4.78, 5) is 22.2. The molecule has 1 fully saturated rings. The Morgan fingerprint density at radius 1 is 1.07 bits per heavy atom. The van der Waals surface area contributed by atoms with Gasteiger partial charge < -0.3 is 10.3 Å². The van der Waals surface area contributed by atoms with Crippen molar-refractivity contribution in [1.82, 2.24) is 14.9 Å². The minimum absolute atomic E-state index is 0.101.